The van der Waals surface area contributed by atoms with Crippen LogP contribution in [0.25, 0.3) is 0 Å². The van der Waals surface area contributed by atoms with Crippen molar-refractivity contribution in [1.29, 1.82) is 0 Å². The van der Waals surface area contributed by atoms with E-state index in [9.17, 15) is 9.90 Å². The molecular formula is C21H25NO2. The Morgan fingerprint density at radius 3 is 2.17 bits per heavy atom. The zero-order chi connectivity index (χ0) is 17.0. The SMILES string of the molecule is C[C@H](c1ccccc1)N1CCC(O)(CC(=O)c2ccccc2)CC1. The van der Waals surface area contributed by atoms with Gasteiger partial charge in [-0.2, -0.15) is 0 Å². The van der Waals surface area contributed by atoms with Crippen LogP contribution < -0.4 is 0 Å². The van der Waals surface area contributed by atoms with Crippen LogP contribution in [-0.2, 0) is 0 Å². The van der Waals surface area contributed by atoms with Crippen molar-refractivity contribution in [2.75, 3.05) is 13.1 Å². The predicted molar refractivity (Wildman–Crippen MR) is 96.0 cm³/mol. The van der Waals surface area contributed by atoms with Gasteiger partial charge in [0.1, 0.15) is 0 Å². The maximum atomic E-state index is 12.4. The molecule has 2 aromatic rings. The second-order valence-electron chi connectivity index (χ2n) is 6.81. The minimum absolute atomic E-state index is 0.0302. The first kappa shape index (κ1) is 16.9. The molecule has 0 unspecified atom stereocenters. The zero-order valence-corrected chi connectivity index (χ0v) is 14.2. The van der Waals surface area contributed by atoms with Crippen LogP contribution >= 0.6 is 0 Å². The van der Waals surface area contributed by atoms with Gasteiger partial charge >= 0.3 is 0 Å². The quantitative estimate of drug-likeness (QED) is 0.850. The van der Waals surface area contributed by atoms with E-state index in [0.29, 0.717) is 24.4 Å². The number of likely N-dealkylation sites (tertiary alicyclic amines) is 1. The molecule has 0 amide bonds. The molecule has 1 N–H and O–H groups in total. The van der Waals surface area contributed by atoms with Gasteiger partial charge in [-0.05, 0) is 25.3 Å². The summed E-state index contributed by atoms with van der Waals surface area (Å²) in [5.74, 6) is 0.0302. The molecule has 24 heavy (non-hydrogen) atoms. The Hall–Kier alpha value is -1.97. The van der Waals surface area contributed by atoms with Gasteiger partial charge in [-0.1, -0.05) is 60.7 Å². The maximum absolute atomic E-state index is 12.4. The highest BCUT2D eigenvalue weighted by atomic mass is 16.3. The molecule has 0 spiro atoms. The monoisotopic (exact) mass is 323 g/mol. The Morgan fingerprint density at radius 1 is 1.04 bits per heavy atom. The smallest absolute Gasteiger partial charge is 0.165 e. The Bertz CT molecular complexity index is 661. The topological polar surface area (TPSA) is 40.5 Å². The third-order valence-corrected chi connectivity index (χ3v) is 5.14. The predicted octanol–water partition coefficient (Wildman–Crippen LogP) is 3.85. The number of carbonyl (C=O) groups excluding carboxylic acids is 1. The van der Waals surface area contributed by atoms with E-state index >= 15 is 0 Å². The van der Waals surface area contributed by atoms with Crippen molar-refractivity contribution in [3.05, 3.63) is 71.8 Å². The van der Waals surface area contributed by atoms with Crippen LogP contribution in [0.2, 0.25) is 0 Å². The average Bonchev–Trinajstić information content (AvgIpc) is 2.63. The molecule has 0 radical (unpaired) electrons. The lowest BCUT2D eigenvalue weighted by Crippen LogP contribution is -2.46. The van der Waals surface area contributed by atoms with E-state index in [1.807, 2.05) is 36.4 Å². The van der Waals surface area contributed by atoms with Crippen molar-refractivity contribution in [2.45, 2.75) is 37.8 Å². The molecular weight excluding hydrogens is 298 g/mol. The van der Waals surface area contributed by atoms with Gasteiger partial charge in [0.25, 0.3) is 0 Å². The number of rotatable bonds is 5. The fourth-order valence-electron chi connectivity index (χ4n) is 3.47. The number of carbonyl (C=O) groups is 1. The Balaban J connectivity index is 1.58. The first-order valence-corrected chi connectivity index (χ1v) is 8.67. The molecule has 2 aromatic carbocycles. The molecule has 0 aliphatic carbocycles. The second-order valence-corrected chi connectivity index (χ2v) is 6.81. The van der Waals surface area contributed by atoms with Crippen LogP contribution in [0.15, 0.2) is 60.7 Å². The van der Waals surface area contributed by atoms with Gasteiger partial charge in [0.05, 0.1) is 5.60 Å². The molecule has 0 saturated carbocycles. The summed E-state index contributed by atoms with van der Waals surface area (Å²) in [4.78, 5) is 14.8. The van der Waals surface area contributed by atoms with Crippen LogP contribution in [0.4, 0.5) is 0 Å². The van der Waals surface area contributed by atoms with Gasteiger partial charge in [0.2, 0.25) is 0 Å². The summed E-state index contributed by atoms with van der Waals surface area (Å²) < 4.78 is 0. The Kier molecular flexibility index (Phi) is 5.12. The normalized spacial score (nSPS) is 18.9. The van der Waals surface area contributed by atoms with Gasteiger partial charge in [-0.15, -0.1) is 0 Å². The minimum Gasteiger partial charge on any atom is -0.389 e. The first-order chi connectivity index (χ1) is 11.6. The highest BCUT2D eigenvalue weighted by Crippen LogP contribution is 2.31. The van der Waals surface area contributed by atoms with Crippen molar-refractivity contribution >= 4 is 5.78 Å². The molecule has 126 valence electrons. The number of aliphatic hydroxyl groups is 1. The number of piperidine rings is 1. The standard InChI is InChI=1S/C21H25NO2/c1-17(18-8-4-2-5-9-18)22-14-12-21(24,13-15-22)16-20(23)19-10-6-3-7-11-19/h2-11,17,24H,12-16H2,1H3/t17-/m1/s1. The largest absolute Gasteiger partial charge is 0.389 e. The van der Waals surface area contributed by atoms with E-state index < -0.39 is 5.60 Å². The Morgan fingerprint density at radius 2 is 1.58 bits per heavy atom. The summed E-state index contributed by atoms with van der Waals surface area (Å²) in [6.45, 7) is 3.83. The van der Waals surface area contributed by atoms with Gasteiger partial charge < -0.3 is 5.11 Å². The molecule has 1 fully saturated rings. The molecule has 1 aliphatic rings. The van der Waals surface area contributed by atoms with Crippen molar-refractivity contribution in [3.63, 3.8) is 0 Å². The summed E-state index contributed by atoms with van der Waals surface area (Å²) >= 11 is 0. The maximum Gasteiger partial charge on any atom is 0.165 e. The molecule has 0 bridgehead atoms. The fraction of sp³-hybridized carbons (Fsp3) is 0.381. The van der Waals surface area contributed by atoms with Crippen LogP contribution in [0.5, 0.6) is 0 Å². The van der Waals surface area contributed by atoms with Gasteiger partial charge in [0, 0.05) is 31.1 Å². The minimum atomic E-state index is -0.875. The molecule has 3 nitrogen and oxygen atoms in total. The van der Waals surface area contributed by atoms with Crippen molar-refractivity contribution in [2.24, 2.45) is 0 Å². The van der Waals surface area contributed by atoms with E-state index in [2.05, 4.69) is 36.1 Å². The molecule has 1 aliphatic heterocycles. The second kappa shape index (κ2) is 7.29. The summed E-state index contributed by atoms with van der Waals surface area (Å²) in [6.07, 6.45) is 1.50. The van der Waals surface area contributed by atoms with E-state index in [1.165, 1.54) is 5.56 Å². The lowest BCUT2D eigenvalue weighted by molar-refractivity contribution is -0.0303. The van der Waals surface area contributed by atoms with E-state index in [4.69, 9.17) is 0 Å². The molecule has 0 aromatic heterocycles. The Labute approximate surface area is 143 Å². The number of hydrogen-bond acceptors (Lipinski definition) is 3. The summed E-state index contributed by atoms with van der Waals surface area (Å²) in [7, 11) is 0. The highest BCUT2D eigenvalue weighted by Gasteiger charge is 2.35. The van der Waals surface area contributed by atoms with Crippen molar-refractivity contribution in [3.8, 4) is 0 Å². The number of Topliss-reactive ketones (excluding diaryl/α,β-unsaturated/α-hetero) is 1. The fourth-order valence-corrected chi connectivity index (χ4v) is 3.47. The average molecular weight is 323 g/mol. The summed E-state index contributed by atoms with van der Waals surface area (Å²) in [5.41, 5.74) is 1.11. The number of benzene rings is 2. The summed E-state index contributed by atoms with van der Waals surface area (Å²) in [5, 5.41) is 10.8. The first-order valence-electron chi connectivity index (χ1n) is 8.67. The third-order valence-electron chi connectivity index (χ3n) is 5.14. The molecule has 3 rings (SSSR count). The van der Waals surface area contributed by atoms with Crippen LogP contribution in [0.1, 0.15) is 48.1 Å². The van der Waals surface area contributed by atoms with Gasteiger partial charge in [-0.25, -0.2) is 0 Å². The van der Waals surface area contributed by atoms with E-state index in [-0.39, 0.29) is 12.2 Å². The zero-order valence-electron chi connectivity index (χ0n) is 14.2. The van der Waals surface area contributed by atoms with Crippen LogP contribution in [0.3, 0.4) is 0 Å². The number of ketones is 1. The van der Waals surface area contributed by atoms with Gasteiger partial charge in [0.15, 0.2) is 5.78 Å². The summed E-state index contributed by atoms with van der Waals surface area (Å²) in [6, 6.07) is 20.0. The van der Waals surface area contributed by atoms with Gasteiger partial charge in [-0.3, -0.25) is 9.69 Å². The van der Waals surface area contributed by atoms with Crippen LogP contribution in [0, 0.1) is 0 Å². The molecule has 1 heterocycles. The molecule has 3 heteroatoms. The van der Waals surface area contributed by atoms with Crippen molar-refractivity contribution in [1.82, 2.24) is 4.90 Å². The van der Waals surface area contributed by atoms with Crippen molar-refractivity contribution < 1.29 is 9.90 Å². The molecule has 1 atom stereocenters. The number of hydrogen-bond donors (Lipinski definition) is 1. The molecule has 1 saturated heterocycles. The van der Waals surface area contributed by atoms with E-state index in [0.717, 1.165) is 13.1 Å². The lowest BCUT2D eigenvalue weighted by Gasteiger charge is -2.40. The lowest BCUT2D eigenvalue weighted by atomic mass is 9.84. The van der Waals surface area contributed by atoms with Crippen LogP contribution in [-0.4, -0.2) is 34.5 Å². The third kappa shape index (κ3) is 3.92. The number of nitrogens with zero attached hydrogens (tertiary/aromatic N) is 1. The van der Waals surface area contributed by atoms with E-state index in [1.54, 1.807) is 0 Å². The highest BCUT2D eigenvalue weighted by molar-refractivity contribution is 5.96.